The number of hydrogen-bond acceptors (Lipinski definition) is 7. The van der Waals surface area contributed by atoms with Crippen molar-refractivity contribution in [2.24, 2.45) is 10.8 Å². The van der Waals surface area contributed by atoms with E-state index in [-0.39, 0.29) is 10.8 Å². The van der Waals surface area contributed by atoms with E-state index in [1.807, 2.05) is 35.1 Å². The topological polar surface area (TPSA) is 35.0 Å². The van der Waals surface area contributed by atoms with Crippen LogP contribution in [0.5, 0.6) is 11.5 Å². The van der Waals surface area contributed by atoms with Crippen molar-refractivity contribution in [1.82, 2.24) is 9.97 Å². The van der Waals surface area contributed by atoms with E-state index in [4.69, 9.17) is 14.7 Å². The molecule has 10 aromatic rings. The van der Waals surface area contributed by atoms with Crippen LogP contribution in [0.3, 0.4) is 0 Å². The van der Waals surface area contributed by atoms with Gasteiger partial charge in [0.25, 0.3) is 0 Å². The molecule has 7 heteroatoms. The van der Waals surface area contributed by atoms with Crippen LogP contribution in [0.4, 0.5) is 0 Å². The minimum absolute atomic E-state index is 0.251. The number of aromatic nitrogens is 2. The molecule has 57 heavy (non-hydrogen) atoms. The highest BCUT2D eigenvalue weighted by Gasteiger charge is 2.21. The van der Waals surface area contributed by atoms with Gasteiger partial charge >= 0.3 is 0 Å². The molecule has 0 radical (unpaired) electrons. The highest BCUT2D eigenvalue weighted by atomic mass is 32.1. The zero-order chi connectivity index (χ0) is 39.4. The fourth-order valence-corrected chi connectivity index (χ4v) is 13.1. The summed E-state index contributed by atoms with van der Waals surface area (Å²) in [4.78, 5) is 14.5. The van der Waals surface area contributed by atoms with Crippen LogP contribution in [0.1, 0.15) is 62.4 Å². The quantitative estimate of drug-likeness (QED) is 0.168. The number of rotatable bonds is 6. The maximum absolute atomic E-state index is 6.76. The van der Waals surface area contributed by atoms with Gasteiger partial charge < -0.3 is 4.74 Å². The van der Waals surface area contributed by atoms with Crippen LogP contribution in [0.25, 0.3) is 83.0 Å². The van der Waals surface area contributed by atoms with Crippen LogP contribution in [-0.4, -0.2) is 9.97 Å². The normalized spacial score (nSPS) is 12.7. The second-order valence-corrected chi connectivity index (χ2v) is 22.5. The van der Waals surface area contributed by atoms with Crippen LogP contribution >= 0.6 is 45.3 Å². The second-order valence-electron chi connectivity index (χ2n) is 17.9. The van der Waals surface area contributed by atoms with Gasteiger partial charge in [0.15, 0.2) is 0 Å². The Labute approximate surface area is 349 Å². The molecule has 6 aromatic heterocycles. The van der Waals surface area contributed by atoms with Gasteiger partial charge in [-0.05, 0) is 82.3 Å². The molecule has 6 heterocycles. The lowest BCUT2D eigenvalue weighted by molar-refractivity contribution is 0.411. The summed E-state index contributed by atoms with van der Waals surface area (Å²) < 4.78 is 11.9. The van der Waals surface area contributed by atoms with Crippen LogP contribution in [0.2, 0.25) is 0 Å². The number of thiophene rings is 4. The number of benzene rings is 4. The summed E-state index contributed by atoms with van der Waals surface area (Å²) in [5.41, 5.74) is 5.33. The minimum atomic E-state index is 0.251. The van der Waals surface area contributed by atoms with Crippen LogP contribution in [-0.2, 0) is 12.8 Å². The van der Waals surface area contributed by atoms with E-state index < -0.39 is 0 Å². The van der Waals surface area contributed by atoms with E-state index in [2.05, 4.69) is 140 Å². The molecule has 0 spiro atoms. The Bertz CT molecular complexity index is 3000. The summed E-state index contributed by atoms with van der Waals surface area (Å²) in [6.45, 7) is 18.1. The minimum Gasteiger partial charge on any atom is -0.455 e. The van der Waals surface area contributed by atoms with Gasteiger partial charge in [-0.2, -0.15) is 0 Å². The molecule has 0 fully saturated rings. The highest BCUT2D eigenvalue weighted by molar-refractivity contribution is 7.28. The Kier molecular flexibility index (Phi) is 8.65. The molecule has 0 atom stereocenters. The first kappa shape index (κ1) is 36.7. The van der Waals surface area contributed by atoms with Crippen molar-refractivity contribution in [2.45, 2.75) is 68.2 Å². The lowest BCUT2D eigenvalue weighted by atomic mass is 9.87. The molecule has 4 aromatic carbocycles. The molecule has 0 aliphatic rings. The van der Waals surface area contributed by atoms with Crippen molar-refractivity contribution >= 4 is 107 Å². The smallest absolute Gasteiger partial charge is 0.141 e. The molecular weight excluding hydrogens is 773 g/mol. The van der Waals surface area contributed by atoms with Gasteiger partial charge in [-0.3, -0.25) is 9.97 Å². The zero-order valence-electron chi connectivity index (χ0n) is 33.6. The Morgan fingerprint density at radius 3 is 1.28 bits per heavy atom. The summed E-state index contributed by atoms with van der Waals surface area (Å²) in [5, 5.41) is 10.3. The standard InChI is InChI=1S/C50H44N2OS4/c1-27-39(23-41(54-27)43-47-37(17-19-51-43)35-15-11-31-21-29(25-49(3,4)5)9-13-33(31)45(35)56-47)53-40-24-42(55-28(40)2)44-48-38(18-20-52-44)36-16-12-32-22-30(26-50(6,7)8)10-14-34(32)46(36)57-48/h9-24H,25-26H2,1-8H3. The fourth-order valence-electron chi connectivity index (χ4n) is 8.36. The molecule has 284 valence electrons. The largest absolute Gasteiger partial charge is 0.455 e. The summed E-state index contributed by atoms with van der Waals surface area (Å²) in [6, 6.07) is 31.9. The number of aryl methyl sites for hydroxylation is 2. The molecule has 0 saturated carbocycles. The van der Waals surface area contributed by atoms with E-state index in [0.29, 0.717) is 0 Å². The Morgan fingerprint density at radius 1 is 0.456 bits per heavy atom. The van der Waals surface area contributed by atoms with Crippen LogP contribution in [0, 0.1) is 24.7 Å². The Morgan fingerprint density at radius 2 is 0.860 bits per heavy atom. The molecule has 0 saturated heterocycles. The van der Waals surface area contributed by atoms with E-state index in [9.17, 15) is 0 Å². The first-order valence-corrected chi connectivity index (χ1v) is 22.9. The predicted octanol–water partition coefficient (Wildman–Crippen LogP) is 16.6. The number of ether oxygens (including phenoxy) is 1. The van der Waals surface area contributed by atoms with Gasteiger partial charge in [0, 0.05) is 65.2 Å². The van der Waals surface area contributed by atoms with Crippen molar-refractivity contribution < 1.29 is 4.74 Å². The number of hydrogen-bond donors (Lipinski definition) is 0. The SMILES string of the molecule is Cc1sc(-c2nccc3c2sc2c4ccc(CC(C)(C)C)cc4ccc32)cc1Oc1cc(-c2nccc3c2sc2c4ccc(CC(C)(C)C)cc4ccc32)sc1C. The molecule has 0 unspecified atom stereocenters. The third kappa shape index (κ3) is 6.63. The lowest BCUT2D eigenvalue weighted by Gasteiger charge is -2.18. The van der Waals surface area contributed by atoms with Gasteiger partial charge in [-0.25, -0.2) is 0 Å². The number of nitrogens with zero attached hydrogens (tertiary/aromatic N) is 2. The van der Waals surface area contributed by atoms with E-state index in [1.165, 1.54) is 73.0 Å². The molecular formula is C50H44N2OS4. The van der Waals surface area contributed by atoms with Crippen molar-refractivity contribution in [2.75, 3.05) is 0 Å². The maximum Gasteiger partial charge on any atom is 0.141 e. The zero-order valence-corrected chi connectivity index (χ0v) is 36.9. The average Bonchev–Trinajstić information content (AvgIpc) is 3.93. The summed E-state index contributed by atoms with van der Waals surface area (Å²) >= 11 is 7.22. The Hall–Kier alpha value is -4.66. The molecule has 10 rings (SSSR count). The van der Waals surface area contributed by atoms with E-state index in [1.54, 1.807) is 22.7 Å². The van der Waals surface area contributed by atoms with Crippen molar-refractivity contribution in [1.29, 1.82) is 0 Å². The monoisotopic (exact) mass is 816 g/mol. The molecule has 0 N–H and O–H groups in total. The van der Waals surface area contributed by atoms with Gasteiger partial charge in [0.2, 0.25) is 0 Å². The van der Waals surface area contributed by atoms with Crippen molar-refractivity contribution in [3.63, 3.8) is 0 Å². The van der Waals surface area contributed by atoms with Gasteiger partial charge in [-0.15, -0.1) is 45.3 Å². The maximum atomic E-state index is 6.76. The molecule has 0 aliphatic heterocycles. The van der Waals surface area contributed by atoms with Crippen molar-refractivity contribution in [3.8, 4) is 32.6 Å². The fraction of sp³-hybridized carbons (Fsp3) is 0.240. The molecule has 0 bridgehead atoms. The number of fused-ring (bicyclic) bond motifs is 10. The van der Waals surface area contributed by atoms with E-state index >= 15 is 0 Å². The highest BCUT2D eigenvalue weighted by Crippen LogP contribution is 2.48. The predicted molar refractivity (Wildman–Crippen MR) is 252 cm³/mol. The average molecular weight is 817 g/mol. The first-order valence-electron chi connectivity index (χ1n) is 19.6. The van der Waals surface area contributed by atoms with Crippen LogP contribution in [0.15, 0.2) is 97.3 Å². The molecule has 3 nitrogen and oxygen atoms in total. The second kappa shape index (κ2) is 13.5. The lowest BCUT2D eigenvalue weighted by Crippen LogP contribution is -2.08. The van der Waals surface area contributed by atoms with Crippen molar-refractivity contribution in [3.05, 3.63) is 118 Å². The van der Waals surface area contributed by atoms with Gasteiger partial charge in [0.05, 0.1) is 30.5 Å². The number of pyridine rings is 2. The molecule has 0 aliphatic carbocycles. The summed E-state index contributed by atoms with van der Waals surface area (Å²) in [6.07, 6.45) is 6.04. The summed E-state index contributed by atoms with van der Waals surface area (Å²) in [7, 11) is 0. The van der Waals surface area contributed by atoms with Gasteiger partial charge in [0.1, 0.15) is 11.5 Å². The Balaban J connectivity index is 0.981. The third-order valence-electron chi connectivity index (χ3n) is 10.8. The van der Waals surface area contributed by atoms with E-state index in [0.717, 1.165) is 55.2 Å². The van der Waals surface area contributed by atoms with Gasteiger partial charge in [-0.1, -0.05) is 102 Å². The van der Waals surface area contributed by atoms with Crippen LogP contribution < -0.4 is 4.74 Å². The third-order valence-corrected chi connectivity index (χ3v) is 15.4. The molecule has 0 amide bonds. The summed E-state index contributed by atoms with van der Waals surface area (Å²) in [5.74, 6) is 1.76. The first-order chi connectivity index (χ1) is 27.3.